The van der Waals surface area contributed by atoms with Crippen LogP contribution >= 0.6 is 0 Å². The average molecular weight is 469 g/mol. The quantitative estimate of drug-likeness (QED) is 0.426. The van der Waals surface area contributed by atoms with Crippen LogP contribution in [0.2, 0.25) is 0 Å². The maximum Gasteiger partial charge on any atom is 0.262 e. The van der Waals surface area contributed by atoms with E-state index in [0.717, 1.165) is 11.1 Å². The molecule has 2 heterocycles. The number of fused-ring (bicyclic) bond motifs is 3. The van der Waals surface area contributed by atoms with Crippen LogP contribution in [0.15, 0.2) is 58.2 Å². The number of para-hydroxylation sites is 1. The fraction of sp³-hybridized carbons (Fsp3) is 0.348. The Hall–Kier alpha value is -3.08. The lowest BCUT2D eigenvalue weighted by atomic mass is 10.1. The number of hydrogen-bond acceptors (Lipinski definition) is 6. The number of benzene rings is 2. The van der Waals surface area contributed by atoms with E-state index in [-0.39, 0.29) is 16.5 Å². The summed E-state index contributed by atoms with van der Waals surface area (Å²) in [6, 6.07) is 14.3. The molecule has 0 saturated heterocycles. The fourth-order valence-electron chi connectivity index (χ4n) is 4.01. The van der Waals surface area contributed by atoms with Gasteiger partial charge in [0.05, 0.1) is 22.3 Å². The third-order valence-electron chi connectivity index (χ3n) is 5.98. The minimum Gasteiger partial charge on any atom is -0.303 e. The normalized spacial score (nSPS) is 13.2. The summed E-state index contributed by atoms with van der Waals surface area (Å²) in [7, 11) is -1.79. The fourth-order valence-corrected chi connectivity index (χ4v) is 5.47. The molecule has 4 aromatic rings. The maximum atomic E-state index is 12.7. The van der Waals surface area contributed by atoms with E-state index in [0.29, 0.717) is 36.6 Å². The first-order valence-corrected chi connectivity index (χ1v) is 12.4. The summed E-state index contributed by atoms with van der Waals surface area (Å²) in [5.74, 6) is 1.17. The van der Waals surface area contributed by atoms with Gasteiger partial charge in [-0.3, -0.25) is 13.8 Å². The second-order valence-electron chi connectivity index (χ2n) is 7.89. The van der Waals surface area contributed by atoms with E-state index in [1.54, 1.807) is 25.2 Å². The number of hydrogen-bond donors (Lipinski definition) is 1. The number of aromatic nitrogens is 4. The molecule has 0 amide bonds. The Morgan fingerprint density at radius 2 is 1.70 bits per heavy atom. The zero-order valence-electron chi connectivity index (χ0n) is 19.2. The molecule has 33 heavy (non-hydrogen) atoms. The van der Waals surface area contributed by atoms with Crippen LogP contribution in [0.1, 0.15) is 38.2 Å². The van der Waals surface area contributed by atoms with Gasteiger partial charge in [0.15, 0.2) is 5.82 Å². The molecule has 4 rings (SSSR count). The molecular weight excluding hydrogens is 440 g/mol. The molecule has 2 aromatic carbocycles. The number of rotatable bonds is 8. The van der Waals surface area contributed by atoms with E-state index in [1.165, 1.54) is 8.87 Å². The highest BCUT2D eigenvalue weighted by Crippen LogP contribution is 2.20. The van der Waals surface area contributed by atoms with Crippen LogP contribution in [0.3, 0.4) is 0 Å². The molecule has 1 N–H and O–H groups in total. The molecule has 9 nitrogen and oxygen atoms in total. The largest absolute Gasteiger partial charge is 0.303 e. The van der Waals surface area contributed by atoms with Crippen molar-refractivity contribution < 1.29 is 8.42 Å². The van der Waals surface area contributed by atoms with Gasteiger partial charge in [-0.15, -0.1) is 10.2 Å². The van der Waals surface area contributed by atoms with Crippen LogP contribution in [0.25, 0.3) is 16.7 Å². The van der Waals surface area contributed by atoms with Gasteiger partial charge in [0.1, 0.15) is 0 Å². The number of sulfonamides is 1. The van der Waals surface area contributed by atoms with Crippen molar-refractivity contribution in [1.29, 1.82) is 0 Å². The molecule has 0 bridgehead atoms. The van der Waals surface area contributed by atoms with Gasteiger partial charge in [-0.05, 0) is 36.8 Å². The number of aryl methyl sites for hydroxylation is 1. The van der Waals surface area contributed by atoms with Gasteiger partial charge < -0.3 is 5.32 Å². The molecule has 1 atom stereocenters. The summed E-state index contributed by atoms with van der Waals surface area (Å²) in [6.07, 6.45) is 0. The zero-order chi connectivity index (χ0) is 23.8. The van der Waals surface area contributed by atoms with Crippen molar-refractivity contribution in [3.8, 4) is 0 Å². The molecule has 10 heteroatoms. The Labute approximate surface area is 192 Å². The smallest absolute Gasteiger partial charge is 0.262 e. The first-order chi connectivity index (χ1) is 15.8. The van der Waals surface area contributed by atoms with E-state index in [2.05, 4.69) is 15.5 Å². The van der Waals surface area contributed by atoms with E-state index in [9.17, 15) is 13.2 Å². The summed E-state index contributed by atoms with van der Waals surface area (Å²) >= 11 is 0. The van der Waals surface area contributed by atoms with Crippen molar-refractivity contribution in [2.24, 2.45) is 7.05 Å². The minimum atomic E-state index is -3.48. The van der Waals surface area contributed by atoms with Crippen LogP contribution < -0.4 is 10.9 Å². The molecule has 0 saturated carbocycles. The first kappa shape index (κ1) is 23.1. The number of nitrogens with zero attached hydrogens (tertiary/aromatic N) is 5. The van der Waals surface area contributed by atoms with Gasteiger partial charge in [0.2, 0.25) is 15.8 Å². The first-order valence-electron chi connectivity index (χ1n) is 10.9. The van der Waals surface area contributed by atoms with Crippen molar-refractivity contribution in [2.75, 3.05) is 13.1 Å². The molecule has 0 aliphatic rings. The van der Waals surface area contributed by atoms with Crippen LogP contribution in [-0.4, -0.2) is 45.0 Å². The molecule has 0 aliphatic heterocycles. The van der Waals surface area contributed by atoms with Gasteiger partial charge >= 0.3 is 0 Å². The van der Waals surface area contributed by atoms with E-state index in [4.69, 9.17) is 0 Å². The summed E-state index contributed by atoms with van der Waals surface area (Å²) in [5.41, 5.74) is 1.61. The van der Waals surface area contributed by atoms with Crippen LogP contribution in [-0.2, 0) is 23.6 Å². The molecule has 0 fully saturated rings. The van der Waals surface area contributed by atoms with Crippen LogP contribution in [0.4, 0.5) is 0 Å². The standard InChI is InChI=1S/C23H28N6O3S/c1-5-28(6-2)33(31,32)18-13-11-17(12-14-18)16(3)24-15-21-25-26-23-27(4)22(30)19-9-7-8-10-20(19)29(21)23/h7-14,16,24H,5-6,15H2,1-4H3. The van der Waals surface area contributed by atoms with Crippen molar-refractivity contribution in [3.63, 3.8) is 0 Å². The molecule has 1 unspecified atom stereocenters. The average Bonchev–Trinajstić information content (AvgIpc) is 3.26. The third kappa shape index (κ3) is 4.05. The molecule has 0 radical (unpaired) electrons. The van der Waals surface area contributed by atoms with Crippen molar-refractivity contribution in [3.05, 3.63) is 70.3 Å². The molecule has 2 aromatic heterocycles. The predicted molar refractivity (Wildman–Crippen MR) is 128 cm³/mol. The van der Waals surface area contributed by atoms with Crippen molar-refractivity contribution in [1.82, 2.24) is 28.8 Å². The van der Waals surface area contributed by atoms with Crippen LogP contribution in [0, 0.1) is 0 Å². The Morgan fingerprint density at radius 3 is 2.36 bits per heavy atom. The van der Waals surface area contributed by atoms with Crippen LogP contribution in [0.5, 0.6) is 0 Å². The van der Waals surface area contributed by atoms with Crippen molar-refractivity contribution >= 4 is 26.7 Å². The summed E-state index contributed by atoms with van der Waals surface area (Å²) in [5, 5.41) is 12.5. The van der Waals surface area contributed by atoms with E-state index in [1.807, 2.05) is 55.5 Å². The summed E-state index contributed by atoms with van der Waals surface area (Å²) in [4.78, 5) is 12.9. The highest BCUT2D eigenvalue weighted by molar-refractivity contribution is 7.89. The Morgan fingerprint density at radius 1 is 1.03 bits per heavy atom. The van der Waals surface area contributed by atoms with Gasteiger partial charge in [-0.25, -0.2) is 8.42 Å². The Kier molecular flexibility index (Phi) is 6.33. The zero-order valence-corrected chi connectivity index (χ0v) is 20.0. The highest BCUT2D eigenvalue weighted by atomic mass is 32.2. The van der Waals surface area contributed by atoms with Gasteiger partial charge in [-0.1, -0.05) is 38.1 Å². The Bertz CT molecular complexity index is 1450. The lowest BCUT2D eigenvalue weighted by Crippen LogP contribution is -2.30. The number of nitrogens with one attached hydrogen (secondary N) is 1. The SMILES string of the molecule is CCN(CC)S(=O)(=O)c1ccc(C(C)NCc2nnc3n(C)c(=O)c4ccccc4n23)cc1. The van der Waals surface area contributed by atoms with E-state index >= 15 is 0 Å². The summed E-state index contributed by atoms with van der Waals surface area (Å²) in [6.45, 7) is 6.96. The van der Waals surface area contributed by atoms with Gasteiger partial charge in [0.25, 0.3) is 5.56 Å². The predicted octanol–water partition coefficient (Wildman–Crippen LogP) is 2.46. The summed E-state index contributed by atoms with van der Waals surface area (Å²) < 4.78 is 30.2. The van der Waals surface area contributed by atoms with Crippen molar-refractivity contribution in [2.45, 2.75) is 38.3 Å². The lowest BCUT2D eigenvalue weighted by Gasteiger charge is -2.19. The molecular formula is C23H28N6O3S. The molecule has 0 aliphatic carbocycles. The lowest BCUT2D eigenvalue weighted by molar-refractivity contribution is 0.445. The van der Waals surface area contributed by atoms with Gasteiger partial charge in [-0.2, -0.15) is 4.31 Å². The second-order valence-corrected chi connectivity index (χ2v) is 9.83. The maximum absolute atomic E-state index is 12.7. The third-order valence-corrected chi connectivity index (χ3v) is 8.05. The second kappa shape index (κ2) is 9.05. The molecule has 174 valence electrons. The molecule has 0 spiro atoms. The monoisotopic (exact) mass is 468 g/mol. The highest BCUT2D eigenvalue weighted by Gasteiger charge is 2.22. The Balaban J connectivity index is 1.58. The minimum absolute atomic E-state index is 0.0543. The van der Waals surface area contributed by atoms with E-state index < -0.39 is 10.0 Å². The van der Waals surface area contributed by atoms with Gasteiger partial charge in [0, 0.05) is 26.2 Å². The topological polar surface area (TPSA) is 102 Å².